The number of amides is 1. The lowest BCUT2D eigenvalue weighted by molar-refractivity contribution is -0.123. The van der Waals surface area contributed by atoms with Gasteiger partial charge in [0.05, 0.1) is 18.4 Å². The molecule has 0 radical (unpaired) electrons. The van der Waals surface area contributed by atoms with E-state index in [4.69, 9.17) is 0 Å². The van der Waals surface area contributed by atoms with Gasteiger partial charge in [0.2, 0.25) is 5.91 Å². The highest BCUT2D eigenvalue weighted by Gasteiger charge is 2.20. The zero-order valence-electron chi connectivity index (χ0n) is 12.6. The molecule has 1 unspecified atom stereocenters. The van der Waals surface area contributed by atoms with Crippen LogP contribution in [0.15, 0.2) is 30.2 Å². The van der Waals surface area contributed by atoms with E-state index >= 15 is 0 Å². The van der Waals surface area contributed by atoms with Crippen molar-refractivity contribution < 1.29 is 4.79 Å². The Morgan fingerprint density at radius 2 is 2.17 bits per heavy atom. The first-order valence-corrected chi connectivity index (χ1v) is 7.40. The van der Waals surface area contributed by atoms with Crippen molar-refractivity contribution in [3.8, 4) is 0 Å². The zero-order chi connectivity index (χ0) is 14.8. The van der Waals surface area contributed by atoms with Gasteiger partial charge in [0, 0.05) is 36.6 Å². The summed E-state index contributed by atoms with van der Waals surface area (Å²) in [6.07, 6.45) is 7.38. The van der Waals surface area contributed by atoms with E-state index in [2.05, 4.69) is 20.7 Å². The van der Waals surface area contributed by atoms with Gasteiger partial charge in [0.15, 0.2) is 4.96 Å². The number of rotatable bonds is 5. The number of nitrogens with one attached hydrogen (secondary N) is 2. The van der Waals surface area contributed by atoms with Crippen LogP contribution in [-0.2, 0) is 18.4 Å². The van der Waals surface area contributed by atoms with E-state index in [1.54, 1.807) is 29.3 Å². The Hall–Kier alpha value is -1.61. The average molecular weight is 377 g/mol. The standard InChI is InChI=1S/C13H16N6OS.2ClH/c1-14-11(9-5-16-18(2)7-9)12(20)15-6-10-8-19-3-4-21-13(19)17-10;;/h3-5,7-8,11,14H,6H2,1-2H3,(H,15,20);2*1H. The number of carbonyl (C=O) groups excluding carboxylic acids is 1. The van der Waals surface area contributed by atoms with Gasteiger partial charge in [-0.25, -0.2) is 4.98 Å². The molecular weight excluding hydrogens is 359 g/mol. The fourth-order valence-corrected chi connectivity index (χ4v) is 2.90. The van der Waals surface area contributed by atoms with Gasteiger partial charge in [-0.3, -0.25) is 13.9 Å². The smallest absolute Gasteiger partial charge is 0.242 e. The van der Waals surface area contributed by atoms with Crippen LogP contribution in [0, 0.1) is 0 Å². The van der Waals surface area contributed by atoms with Crippen LogP contribution in [0.2, 0.25) is 0 Å². The zero-order valence-corrected chi connectivity index (χ0v) is 15.0. The Balaban J connectivity index is 0.00000132. The second-order valence-corrected chi connectivity index (χ2v) is 5.58. The number of carbonyl (C=O) groups is 1. The maximum Gasteiger partial charge on any atom is 0.242 e. The molecule has 1 amide bonds. The van der Waals surface area contributed by atoms with E-state index in [1.807, 2.05) is 35.4 Å². The molecular formula is C13H18Cl2N6OS. The van der Waals surface area contributed by atoms with Crippen molar-refractivity contribution in [1.82, 2.24) is 29.8 Å². The van der Waals surface area contributed by atoms with E-state index < -0.39 is 6.04 Å². The molecule has 3 rings (SSSR count). The Bertz CT molecular complexity index is 739. The molecule has 0 spiro atoms. The lowest BCUT2D eigenvalue weighted by Gasteiger charge is -2.13. The van der Waals surface area contributed by atoms with Crippen molar-refractivity contribution in [1.29, 1.82) is 0 Å². The van der Waals surface area contributed by atoms with Gasteiger partial charge in [-0.1, -0.05) is 0 Å². The molecule has 126 valence electrons. The van der Waals surface area contributed by atoms with Gasteiger partial charge < -0.3 is 10.6 Å². The van der Waals surface area contributed by atoms with Crippen molar-refractivity contribution in [3.63, 3.8) is 0 Å². The molecule has 0 saturated carbocycles. The van der Waals surface area contributed by atoms with Gasteiger partial charge in [-0.2, -0.15) is 5.10 Å². The summed E-state index contributed by atoms with van der Waals surface area (Å²) >= 11 is 1.57. The number of halogens is 2. The normalized spacial score (nSPS) is 11.6. The first kappa shape index (κ1) is 19.4. The molecule has 3 heterocycles. The number of fused-ring (bicyclic) bond motifs is 1. The molecule has 3 aromatic heterocycles. The number of aryl methyl sites for hydroxylation is 1. The van der Waals surface area contributed by atoms with E-state index in [-0.39, 0.29) is 30.7 Å². The van der Waals surface area contributed by atoms with Crippen LogP contribution in [0.25, 0.3) is 4.96 Å². The number of imidazole rings is 1. The Kier molecular flexibility index (Phi) is 7.01. The molecule has 23 heavy (non-hydrogen) atoms. The Labute approximate surface area is 149 Å². The minimum atomic E-state index is -0.414. The molecule has 1 atom stereocenters. The number of likely N-dealkylation sites (N-methyl/N-ethyl adjacent to an activating group) is 1. The van der Waals surface area contributed by atoms with E-state index in [1.165, 1.54) is 0 Å². The monoisotopic (exact) mass is 376 g/mol. The quantitative estimate of drug-likeness (QED) is 0.708. The van der Waals surface area contributed by atoms with Crippen LogP contribution in [0.1, 0.15) is 17.3 Å². The first-order valence-electron chi connectivity index (χ1n) is 6.52. The number of thiazole rings is 1. The largest absolute Gasteiger partial charge is 0.349 e. The molecule has 7 nitrogen and oxygen atoms in total. The molecule has 0 aliphatic heterocycles. The maximum absolute atomic E-state index is 12.3. The minimum absolute atomic E-state index is 0. The summed E-state index contributed by atoms with van der Waals surface area (Å²) in [6.45, 7) is 0.408. The Morgan fingerprint density at radius 1 is 1.39 bits per heavy atom. The van der Waals surface area contributed by atoms with Crippen molar-refractivity contribution in [2.45, 2.75) is 12.6 Å². The number of hydrogen-bond acceptors (Lipinski definition) is 5. The fraction of sp³-hybridized carbons (Fsp3) is 0.308. The van der Waals surface area contributed by atoms with Crippen LogP contribution >= 0.6 is 36.2 Å². The average Bonchev–Trinajstić information content (AvgIpc) is 3.13. The minimum Gasteiger partial charge on any atom is -0.349 e. The lowest BCUT2D eigenvalue weighted by atomic mass is 10.1. The van der Waals surface area contributed by atoms with Crippen LogP contribution in [0.4, 0.5) is 0 Å². The van der Waals surface area contributed by atoms with Gasteiger partial charge in [0.25, 0.3) is 0 Å². The van der Waals surface area contributed by atoms with E-state index in [0.29, 0.717) is 6.54 Å². The molecule has 0 saturated heterocycles. The highest BCUT2D eigenvalue weighted by Crippen LogP contribution is 2.13. The highest BCUT2D eigenvalue weighted by atomic mass is 35.5. The molecule has 0 aliphatic rings. The third-order valence-corrected chi connectivity index (χ3v) is 3.97. The Morgan fingerprint density at radius 3 is 2.78 bits per heavy atom. The second-order valence-electron chi connectivity index (χ2n) is 4.71. The topological polar surface area (TPSA) is 76.2 Å². The summed E-state index contributed by atoms with van der Waals surface area (Å²) in [5, 5.41) is 12.0. The third-order valence-electron chi connectivity index (χ3n) is 3.20. The van der Waals surface area contributed by atoms with Crippen molar-refractivity contribution in [2.24, 2.45) is 7.05 Å². The van der Waals surface area contributed by atoms with Crippen LogP contribution in [0.5, 0.6) is 0 Å². The van der Waals surface area contributed by atoms with Crippen LogP contribution in [0.3, 0.4) is 0 Å². The second kappa shape index (κ2) is 8.30. The summed E-state index contributed by atoms with van der Waals surface area (Å²) in [4.78, 5) is 17.6. The number of aromatic nitrogens is 4. The van der Waals surface area contributed by atoms with E-state index in [9.17, 15) is 4.79 Å². The molecule has 3 aromatic rings. The third kappa shape index (κ3) is 4.23. The fourth-order valence-electron chi connectivity index (χ4n) is 2.18. The highest BCUT2D eigenvalue weighted by molar-refractivity contribution is 7.15. The van der Waals surface area contributed by atoms with Gasteiger partial charge >= 0.3 is 0 Å². The van der Waals surface area contributed by atoms with Crippen LogP contribution < -0.4 is 10.6 Å². The van der Waals surface area contributed by atoms with Crippen molar-refractivity contribution in [2.75, 3.05) is 7.05 Å². The lowest BCUT2D eigenvalue weighted by Crippen LogP contribution is -2.35. The maximum atomic E-state index is 12.3. The predicted molar refractivity (Wildman–Crippen MR) is 94.4 cm³/mol. The van der Waals surface area contributed by atoms with Gasteiger partial charge in [0.1, 0.15) is 6.04 Å². The molecule has 0 bridgehead atoms. The SMILES string of the molecule is CNC(C(=O)NCc1cn2ccsc2n1)c1cnn(C)c1.Cl.Cl. The number of hydrogen-bond donors (Lipinski definition) is 2. The van der Waals surface area contributed by atoms with Crippen molar-refractivity contribution >= 4 is 47.0 Å². The summed E-state index contributed by atoms with van der Waals surface area (Å²) in [7, 11) is 3.58. The first-order chi connectivity index (χ1) is 10.2. The summed E-state index contributed by atoms with van der Waals surface area (Å²) in [6, 6.07) is -0.414. The van der Waals surface area contributed by atoms with Gasteiger partial charge in [-0.05, 0) is 7.05 Å². The molecule has 0 aliphatic carbocycles. The van der Waals surface area contributed by atoms with Crippen LogP contribution in [-0.4, -0.2) is 32.1 Å². The molecule has 0 aromatic carbocycles. The predicted octanol–water partition coefficient (Wildman–Crippen LogP) is 1.55. The molecule has 10 heteroatoms. The summed E-state index contributed by atoms with van der Waals surface area (Å²) in [5.74, 6) is -0.0955. The number of nitrogens with zero attached hydrogens (tertiary/aromatic N) is 4. The summed E-state index contributed by atoms with van der Waals surface area (Å²) in [5.41, 5.74) is 1.68. The van der Waals surface area contributed by atoms with Gasteiger partial charge in [-0.15, -0.1) is 36.2 Å². The molecule has 2 N–H and O–H groups in total. The van der Waals surface area contributed by atoms with E-state index in [0.717, 1.165) is 16.2 Å². The molecule has 0 fully saturated rings. The summed E-state index contributed by atoms with van der Waals surface area (Å²) < 4.78 is 3.62. The van der Waals surface area contributed by atoms with Crippen molar-refractivity contribution in [3.05, 3.63) is 41.4 Å².